The molecule has 1 aromatic carbocycles. The molecule has 0 radical (unpaired) electrons. The fraction of sp³-hybridized carbons (Fsp3) is 0.316. The predicted octanol–water partition coefficient (Wildman–Crippen LogP) is 3.72. The Balaban J connectivity index is 1.72. The molecule has 1 atom stereocenters. The van der Waals surface area contributed by atoms with E-state index in [1.165, 1.54) is 18.4 Å². The second kappa shape index (κ2) is 8.47. The lowest BCUT2D eigenvalue weighted by Crippen LogP contribution is -2.39. The molecule has 0 aliphatic carbocycles. The molecule has 0 spiro atoms. The predicted molar refractivity (Wildman–Crippen MR) is 99.6 cm³/mol. The molecule has 0 saturated heterocycles. The molecule has 2 aromatic heterocycles. The Morgan fingerprint density at radius 1 is 1.32 bits per heavy atom. The van der Waals surface area contributed by atoms with Crippen LogP contribution in [0.4, 0.5) is 5.69 Å². The second-order valence-corrected chi connectivity index (χ2v) is 6.30. The minimum absolute atomic E-state index is 0.0109. The van der Waals surface area contributed by atoms with Crippen molar-refractivity contribution in [3.63, 3.8) is 0 Å². The summed E-state index contributed by atoms with van der Waals surface area (Å²) in [6, 6.07) is 9.34. The molecule has 1 amide bonds. The molecule has 9 heteroatoms. The smallest absolute Gasteiger partial charge is 0.289 e. The molecular weight excluding hydrogens is 364 g/mol. The molecule has 9 nitrogen and oxygen atoms in total. The number of aromatic nitrogens is 2. The number of rotatable bonds is 8. The lowest BCUT2D eigenvalue weighted by atomic mass is 10.2. The maximum absolute atomic E-state index is 12.7. The summed E-state index contributed by atoms with van der Waals surface area (Å²) in [6.07, 6.45) is 2.61. The summed E-state index contributed by atoms with van der Waals surface area (Å²) in [5, 5.41) is 14.8. The molecule has 0 bridgehead atoms. The fourth-order valence-corrected chi connectivity index (χ4v) is 2.73. The van der Waals surface area contributed by atoms with E-state index in [1.54, 1.807) is 29.2 Å². The topological polar surface area (TPSA) is 116 Å². The largest absolute Gasteiger partial charge is 0.459 e. The minimum Gasteiger partial charge on any atom is -0.459 e. The summed E-state index contributed by atoms with van der Waals surface area (Å²) in [6.45, 7) is 4.34. The van der Waals surface area contributed by atoms with Gasteiger partial charge in [0.05, 0.1) is 11.2 Å². The number of hydrogen-bond donors (Lipinski definition) is 0. The van der Waals surface area contributed by atoms with Gasteiger partial charge >= 0.3 is 0 Å². The maximum Gasteiger partial charge on any atom is 0.289 e. The molecule has 2 heterocycles. The first-order valence-electron chi connectivity index (χ1n) is 8.91. The van der Waals surface area contributed by atoms with E-state index in [0.29, 0.717) is 24.4 Å². The summed E-state index contributed by atoms with van der Waals surface area (Å²) < 4.78 is 10.5. The highest BCUT2D eigenvalue weighted by Crippen LogP contribution is 2.21. The van der Waals surface area contributed by atoms with Crippen LogP contribution in [0.1, 0.15) is 36.7 Å². The van der Waals surface area contributed by atoms with Crippen LogP contribution in [0.15, 0.2) is 51.6 Å². The quantitative estimate of drug-likeness (QED) is 0.429. The highest BCUT2D eigenvalue weighted by molar-refractivity contribution is 5.91. The average molecular weight is 384 g/mol. The van der Waals surface area contributed by atoms with E-state index in [-0.39, 0.29) is 29.2 Å². The van der Waals surface area contributed by atoms with Gasteiger partial charge in [0.15, 0.2) is 5.76 Å². The second-order valence-electron chi connectivity index (χ2n) is 6.30. The van der Waals surface area contributed by atoms with Crippen molar-refractivity contribution in [3.05, 3.63) is 64.4 Å². The molecule has 3 aromatic rings. The Labute approximate surface area is 161 Å². The summed E-state index contributed by atoms with van der Waals surface area (Å²) in [5.41, 5.74) is 0.450. The molecule has 0 saturated carbocycles. The summed E-state index contributed by atoms with van der Waals surface area (Å²) in [5.74, 6) is 0.703. The van der Waals surface area contributed by atoms with Gasteiger partial charge in [0, 0.05) is 36.7 Å². The molecule has 146 valence electrons. The van der Waals surface area contributed by atoms with Crippen LogP contribution < -0.4 is 0 Å². The van der Waals surface area contributed by atoms with Gasteiger partial charge in [-0.05, 0) is 25.5 Å². The molecule has 0 N–H and O–H groups in total. The van der Waals surface area contributed by atoms with E-state index < -0.39 is 4.92 Å². The third kappa shape index (κ3) is 4.25. The van der Waals surface area contributed by atoms with Crippen molar-refractivity contribution >= 4 is 11.6 Å². The Bertz CT molecular complexity index is 951. The van der Waals surface area contributed by atoms with Crippen molar-refractivity contribution < 1.29 is 18.7 Å². The van der Waals surface area contributed by atoms with Crippen molar-refractivity contribution in [2.45, 2.75) is 32.7 Å². The normalized spacial score (nSPS) is 11.9. The molecule has 1 unspecified atom stereocenters. The van der Waals surface area contributed by atoms with Crippen LogP contribution in [-0.2, 0) is 6.42 Å². The average Bonchev–Trinajstić information content (AvgIpc) is 3.40. The van der Waals surface area contributed by atoms with E-state index in [0.717, 1.165) is 6.42 Å². The monoisotopic (exact) mass is 384 g/mol. The van der Waals surface area contributed by atoms with Crippen LogP contribution in [0.25, 0.3) is 11.4 Å². The maximum atomic E-state index is 12.7. The highest BCUT2D eigenvalue weighted by Gasteiger charge is 2.23. The van der Waals surface area contributed by atoms with Crippen LogP contribution in [-0.4, -0.2) is 38.5 Å². The Morgan fingerprint density at radius 3 is 2.82 bits per heavy atom. The number of non-ortho nitro benzene ring substituents is 1. The summed E-state index contributed by atoms with van der Waals surface area (Å²) >= 11 is 0. The third-order valence-electron chi connectivity index (χ3n) is 4.47. The van der Waals surface area contributed by atoms with Gasteiger partial charge in [-0.1, -0.05) is 24.2 Å². The van der Waals surface area contributed by atoms with Crippen molar-refractivity contribution in [1.29, 1.82) is 0 Å². The van der Waals surface area contributed by atoms with Gasteiger partial charge in [-0.25, -0.2) is 0 Å². The van der Waals surface area contributed by atoms with Crippen LogP contribution >= 0.6 is 0 Å². The fourth-order valence-electron chi connectivity index (χ4n) is 2.73. The standard InChI is InChI=1S/C19H20N4O5/c1-3-13(2)22(19(24)16-8-5-11-27-16)10-9-17-20-18(21-28-17)14-6-4-7-15(12-14)23(25)26/h4-8,11-13H,3,9-10H2,1-2H3. The SMILES string of the molecule is CCC(C)N(CCc1nc(-c2cccc([N+](=O)[O-])c2)no1)C(=O)c1ccco1. The molecule has 3 rings (SSSR count). The number of furan rings is 1. The minimum atomic E-state index is -0.477. The van der Waals surface area contributed by atoms with Crippen molar-refractivity contribution in [2.24, 2.45) is 0 Å². The molecule has 0 aliphatic heterocycles. The van der Waals surface area contributed by atoms with Gasteiger partial charge in [0.25, 0.3) is 11.6 Å². The number of nitro groups is 1. The van der Waals surface area contributed by atoms with Gasteiger partial charge < -0.3 is 13.8 Å². The van der Waals surface area contributed by atoms with E-state index in [1.807, 2.05) is 13.8 Å². The van der Waals surface area contributed by atoms with Gasteiger partial charge in [0.1, 0.15) is 0 Å². The van der Waals surface area contributed by atoms with Gasteiger partial charge in [0.2, 0.25) is 11.7 Å². The number of carbonyl (C=O) groups is 1. The first-order chi connectivity index (χ1) is 13.5. The van der Waals surface area contributed by atoms with E-state index >= 15 is 0 Å². The summed E-state index contributed by atoms with van der Waals surface area (Å²) in [4.78, 5) is 29.1. The van der Waals surface area contributed by atoms with Crippen molar-refractivity contribution in [3.8, 4) is 11.4 Å². The van der Waals surface area contributed by atoms with Crippen molar-refractivity contribution in [2.75, 3.05) is 6.54 Å². The van der Waals surface area contributed by atoms with Crippen LogP contribution in [0.3, 0.4) is 0 Å². The Morgan fingerprint density at radius 2 is 2.14 bits per heavy atom. The lowest BCUT2D eigenvalue weighted by Gasteiger charge is -2.27. The van der Waals surface area contributed by atoms with Crippen LogP contribution in [0.2, 0.25) is 0 Å². The lowest BCUT2D eigenvalue weighted by molar-refractivity contribution is -0.384. The first-order valence-corrected chi connectivity index (χ1v) is 8.91. The van der Waals surface area contributed by atoms with E-state index in [4.69, 9.17) is 8.94 Å². The number of nitrogens with zero attached hydrogens (tertiary/aromatic N) is 4. The molecule has 28 heavy (non-hydrogen) atoms. The zero-order chi connectivity index (χ0) is 20.1. The number of benzene rings is 1. The Hall–Kier alpha value is -3.49. The number of carbonyl (C=O) groups excluding carboxylic acids is 1. The zero-order valence-corrected chi connectivity index (χ0v) is 15.6. The van der Waals surface area contributed by atoms with Crippen LogP contribution in [0.5, 0.6) is 0 Å². The molecule has 0 fully saturated rings. The van der Waals surface area contributed by atoms with Gasteiger partial charge in [-0.15, -0.1) is 0 Å². The van der Waals surface area contributed by atoms with Crippen LogP contribution in [0, 0.1) is 10.1 Å². The van der Waals surface area contributed by atoms with Gasteiger partial charge in [-0.3, -0.25) is 14.9 Å². The molecule has 0 aliphatic rings. The van der Waals surface area contributed by atoms with E-state index in [2.05, 4.69) is 10.1 Å². The number of amides is 1. The first kappa shape index (κ1) is 19.3. The number of hydrogen-bond acceptors (Lipinski definition) is 7. The summed E-state index contributed by atoms with van der Waals surface area (Å²) in [7, 11) is 0. The van der Waals surface area contributed by atoms with Crippen molar-refractivity contribution in [1.82, 2.24) is 15.0 Å². The molecular formula is C19H20N4O5. The highest BCUT2D eigenvalue weighted by atomic mass is 16.6. The Kier molecular flexibility index (Phi) is 5.83. The van der Waals surface area contributed by atoms with Gasteiger partial charge in [-0.2, -0.15) is 4.98 Å². The van der Waals surface area contributed by atoms with E-state index in [9.17, 15) is 14.9 Å². The number of nitro benzene ring substituents is 1. The zero-order valence-electron chi connectivity index (χ0n) is 15.6. The third-order valence-corrected chi connectivity index (χ3v) is 4.47.